The van der Waals surface area contributed by atoms with E-state index < -0.39 is 0 Å². The van der Waals surface area contributed by atoms with Gasteiger partial charge in [0.25, 0.3) is 0 Å². The van der Waals surface area contributed by atoms with E-state index in [1.807, 2.05) is 12.2 Å². The lowest BCUT2D eigenvalue weighted by molar-refractivity contribution is -0.104. The van der Waals surface area contributed by atoms with Gasteiger partial charge < -0.3 is 0 Å². The molecule has 0 atom stereocenters. The first-order valence-corrected chi connectivity index (χ1v) is 5.33. The molecule has 1 nitrogen and oxygen atoms in total. The third kappa shape index (κ3) is 10.9. The highest BCUT2D eigenvalue weighted by Gasteiger charge is 1.80. The molecule has 0 aromatic carbocycles. The summed E-state index contributed by atoms with van der Waals surface area (Å²) in [6.45, 7) is 2.21. The maximum absolute atomic E-state index is 9.91. The fourth-order valence-corrected chi connectivity index (χ4v) is 1.07. The number of hydrogen-bond donors (Lipinski definition) is 0. The molecule has 0 N–H and O–H groups in total. The molecule has 0 radical (unpaired) electrons. The van der Waals surface area contributed by atoms with Gasteiger partial charge in [-0.05, 0) is 25.3 Å². The fraction of sp³-hybridized carbons (Fsp3) is 0.462. The predicted octanol–water partition coefficient (Wildman–Crippen LogP) is 3.82. The van der Waals surface area contributed by atoms with Crippen LogP contribution in [0.3, 0.4) is 0 Å². The monoisotopic (exact) mass is 192 g/mol. The van der Waals surface area contributed by atoms with Crippen molar-refractivity contribution in [3.05, 3.63) is 36.5 Å². The van der Waals surface area contributed by atoms with Crippen molar-refractivity contribution in [1.82, 2.24) is 0 Å². The van der Waals surface area contributed by atoms with Crippen molar-refractivity contribution in [3.8, 4) is 0 Å². The third-order valence-corrected chi connectivity index (χ3v) is 1.85. The van der Waals surface area contributed by atoms with Crippen molar-refractivity contribution in [2.45, 2.75) is 39.0 Å². The van der Waals surface area contributed by atoms with Crippen LogP contribution >= 0.6 is 0 Å². The van der Waals surface area contributed by atoms with Gasteiger partial charge in [-0.2, -0.15) is 0 Å². The Morgan fingerprint density at radius 3 is 2.50 bits per heavy atom. The number of hydrogen-bond acceptors (Lipinski definition) is 1. The van der Waals surface area contributed by atoms with E-state index in [0.717, 1.165) is 12.7 Å². The molecular weight excluding hydrogens is 172 g/mol. The molecule has 0 saturated heterocycles. The maximum atomic E-state index is 9.91. The van der Waals surface area contributed by atoms with Gasteiger partial charge >= 0.3 is 0 Å². The molecular formula is C13H20O. The SMILES string of the molecule is CCCCCC=CC/C=C\C=C\C=O. The zero-order chi connectivity index (χ0) is 10.5. The van der Waals surface area contributed by atoms with E-state index in [-0.39, 0.29) is 0 Å². The van der Waals surface area contributed by atoms with Crippen molar-refractivity contribution < 1.29 is 4.79 Å². The molecule has 0 aromatic heterocycles. The first-order valence-electron chi connectivity index (χ1n) is 5.33. The Hall–Kier alpha value is -1.11. The summed E-state index contributed by atoms with van der Waals surface area (Å²) in [5.74, 6) is 0. The minimum atomic E-state index is 0.783. The molecule has 0 fully saturated rings. The summed E-state index contributed by atoms with van der Waals surface area (Å²) in [5, 5.41) is 0. The van der Waals surface area contributed by atoms with Gasteiger partial charge in [0, 0.05) is 0 Å². The van der Waals surface area contributed by atoms with Crippen molar-refractivity contribution in [2.24, 2.45) is 0 Å². The second-order valence-electron chi connectivity index (χ2n) is 3.15. The highest BCUT2D eigenvalue weighted by molar-refractivity contribution is 5.65. The quantitative estimate of drug-likeness (QED) is 0.188. The van der Waals surface area contributed by atoms with Gasteiger partial charge in [0.2, 0.25) is 0 Å². The number of aldehydes is 1. The van der Waals surface area contributed by atoms with Gasteiger partial charge in [-0.1, -0.05) is 50.1 Å². The summed E-state index contributed by atoms with van der Waals surface area (Å²) < 4.78 is 0. The maximum Gasteiger partial charge on any atom is 0.142 e. The highest BCUT2D eigenvalue weighted by atomic mass is 16.1. The van der Waals surface area contributed by atoms with E-state index >= 15 is 0 Å². The highest BCUT2D eigenvalue weighted by Crippen LogP contribution is 2.00. The van der Waals surface area contributed by atoms with Crippen LogP contribution in [-0.2, 0) is 4.79 Å². The molecule has 0 aliphatic rings. The van der Waals surface area contributed by atoms with Crippen LogP contribution in [0, 0.1) is 0 Å². The van der Waals surface area contributed by atoms with E-state index in [1.54, 1.807) is 6.08 Å². The van der Waals surface area contributed by atoms with Gasteiger partial charge in [0.15, 0.2) is 0 Å². The molecule has 0 heterocycles. The fourth-order valence-electron chi connectivity index (χ4n) is 1.07. The van der Waals surface area contributed by atoms with Crippen LogP contribution in [0.5, 0.6) is 0 Å². The molecule has 0 aromatic rings. The molecule has 1 heteroatoms. The second-order valence-corrected chi connectivity index (χ2v) is 3.15. The topological polar surface area (TPSA) is 17.1 Å². The number of carbonyl (C=O) groups excluding carboxylic acids is 1. The summed E-state index contributed by atoms with van der Waals surface area (Å²) in [6, 6.07) is 0. The number of rotatable bonds is 8. The summed E-state index contributed by atoms with van der Waals surface area (Å²) in [4.78, 5) is 9.91. The van der Waals surface area contributed by atoms with Crippen molar-refractivity contribution >= 4 is 6.29 Å². The lowest BCUT2D eigenvalue weighted by atomic mass is 10.2. The Kier molecular flexibility index (Phi) is 10.9. The third-order valence-electron chi connectivity index (χ3n) is 1.85. The van der Waals surface area contributed by atoms with E-state index in [1.165, 1.54) is 31.8 Å². The predicted molar refractivity (Wildman–Crippen MR) is 62.2 cm³/mol. The first kappa shape index (κ1) is 12.9. The number of unbranched alkanes of at least 4 members (excludes halogenated alkanes) is 3. The molecule has 0 spiro atoms. The molecule has 0 saturated carbocycles. The van der Waals surface area contributed by atoms with Crippen LogP contribution < -0.4 is 0 Å². The van der Waals surface area contributed by atoms with Crippen LogP contribution in [-0.4, -0.2) is 6.29 Å². The average molecular weight is 192 g/mol. The normalized spacial score (nSPS) is 12.1. The van der Waals surface area contributed by atoms with E-state index in [0.29, 0.717) is 0 Å². The molecule has 78 valence electrons. The van der Waals surface area contributed by atoms with Crippen LogP contribution in [0.25, 0.3) is 0 Å². The smallest absolute Gasteiger partial charge is 0.142 e. The largest absolute Gasteiger partial charge is 0.299 e. The summed E-state index contributed by atoms with van der Waals surface area (Å²) >= 11 is 0. The summed E-state index contributed by atoms with van der Waals surface area (Å²) in [5.41, 5.74) is 0. The van der Waals surface area contributed by atoms with Gasteiger partial charge in [0.05, 0.1) is 0 Å². The van der Waals surface area contributed by atoms with Crippen LogP contribution in [0.4, 0.5) is 0 Å². The van der Waals surface area contributed by atoms with E-state index in [2.05, 4.69) is 19.1 Å². The van der Waals surface area contributed by atoms with Crippen LogP contribution in [0.2, 0.25) is 0 Å². The van der Waals surface area contributed by atoms with Gasteiger partial charge in [-0.15, -0.1) is 0 Å². The van der Waals surface area contributed by atoms with Crippen LogP contribution in [0.15, 0.2) is 36.5 Å². The van der Waals surface area contributed by atoms with Gasteiger partial charge in [0.1, 0.15) is 6.29 Å². The Morgan fingerprint density at radius 2 is 1.79 bits per heavy atom. The summed E-state index contributed by atoms with van der Waals surface area (Å²) in [7, 11) is 0. The minimum Gasteiger partial charge on any atom is -0.299 e. The Balaban J connectivity index is 3.29. The Labute approximate surface area is 87.2 Å². The molecule has 0 aliphatic carbocycles. The van der Waals surface area contributed by atoms with Gasteiger partial charge in [-0.25, -0.2) is 0 Å². The average Bonchev–Trinajstić information content (AvgIpc) is 2.21. The zero-order valence-electron chi connectivity index (χ0n) is 8.99. The van der Waals surface area contributed by atoms with Crippen molar-refractivity contribution in [2.75, 3.05) is 0 Å². The van der Waals surface area contributed by atoms with Crippen LogP contribution in [0.1, 0.15) is 39.0 Å². The van der Waals surface area contributed by atoms with E-state index in [9.17, 15) is 4.79 Å². The standard InChI is InChI=1S/C13H20O/c1-2-3-4-5-6-7-8-9-10-11-12-13-14/h6-7,9-13H,2-5,8H2,1H3/b7-6?,10-9-,12-11+. The van der Waals surface area contributed by atoms with Crippen molar-refractivity contribution in [1.29, 1.82) is 0 Å². The number of carbonyl (C=O) groups is 1. The Morgan fingerprint density at radius 1 is 0.929 bits per heavy atom. The Bertz CT molecular complexity index is 199. The van der Waals surface area contributed by atoms with Gasteiger partial charge in [-0.3, -0.25) is 4.79 Å². The molecule has 14 heavy (non-hydrogen) atoms. The second kappa shape index (κ2) is 11.9. The molecule has 0 aliphatic heterocycles. The zero-order valence-corrected chi connectivity index (χ0v) is 8.99. The lowest BCUT2D eigenvalue weighted by Gasteiger charge is -1.90. The molecule has 0 bridgehead atoms. The lowest BCUT2D eigenvalue weighted by Crippen LogP contribution is -1.70. The molecule has 0 unspecified atom stereocenters. The molecule has 0 rings (SSSR count). The minimum absolute atomic E-state index is 0.783. The summed E-state index contributed by atoms with van der Waals surface area (Å²) in [6.07, 6.45) is 18.4. The number of allylic oxidation sites excluding steroid dienone is 6. The molecule has 0 amide bonds. The van der Waals surface area contributed by atoms with Crippen molar-refractivity contribution in [3.63, 3.8) is 0 Å². The first-order chi connectivity index (χ1) is 6.91. The van der Waals surface area contributed by atoms with E-state index in [4.69, 9.17) is 0 Å².